The minimum atomic E-state index is -3.02. The van der Waals surface area contributed by atoms with Crippen LogP contribution in [0, 0.1) is 0 Å². The normalized spacial score (nSPS) is 21.2. The van der Waals surface area contributed by atoms with Crippen LogP contribution in [0.1, 0.15) is 24.2 Å². The van der Waals surface area contributed by atoms with E-state index in [-0.39, 0.29) is 23.1 Å². The Bertz CT molecular complexity index is 642. The van der Waals surface area contributed by atoms with E-state index >= 15 is 0 Å². The van der Waals surface area contributed by atoms with Gasteiger partial charge in [-0.3, -0.25) is 0 Å². The fourth-order valence-electron chi connectivity index (χ4n) is 2.61. The lowest BCUT2D eigenvalue weighted by Crippen LogP contribution is -2.47. The first-order chi connectivity index (χ1) is 9.85. The Balaban J connectivity index is 2.44. The molecule has 21 heavy (non-hydrogen) atoms. The maximum Gasteiger partial charge on any atom is 0.338 e. The second-order valence-corrected chi connectivity index (χ2v) is 8.58. The van der Waals surface area contributed by atoms with Crippen LogP contribution < -0.4 is 4.90 Å². The van der Waals surface area contributed by atoms with Crippen molar-refractivity contribution in [2.45, 2.75) is 24.8 Å². The summed E-state index contributed by atoms with van der Waals surface area (Å²) in [6.07, 6.45) is 0. The zero-order chi connectivity index (χ0) is 15.6. The topological polar surface area (TPSA) is 74.7 Å². The van der Waals surface area contributed by atoms with E-state index in [9.17, 15) is 18.3 Å². The number of rotatable bonds is 4. The predicted molar refractivity (Wildman–Crippen MR) is 85.3 cm³/mol. The van der Waals surface area contributed by atoms with Crippen molar-refractivity contribution in [3.8, 4) is 0 Å². The molecule has 7 heteroatoms. The monoisotopic (exact) mass is 329 g/mol. The summed E-state index contributed by atoms with van der Waals surface area (Å²) >= 11 is 1.48. The number of sulfone groups is 1. The summed E-state index contributed by atoms with van der Waals surface area (Å²) in [5, 5.41) is 9.53. The molecule has 1 fully saturated rings. The Morgan fingerprint density at radius 2 is 2.19 bits per heavy atom. The number of hydrogen-bond acceptors (Lipinski definition) is 5. The Hall–Kier alpha value is -1.21. The van der Waals surface area contributed by atoms with Crippen LogP contribution in [-0.4, -0.2) is 49.3 Å². The molecule has 1 atom stereocenters. The minimum absolute atomic E-state index is 0.0667. The van der Waals surface area contributed by atoms with E-state index in [1.807, 2.05) is 24.8 Å². The van der Waals surface area contributed by atoms with Crippen molar-refractivity contribution in [3.63, 3.8) is 0 Å². The average molecular weight is 329 g/mol. The lowest BCUT2D eigenvalue weighted by atomic mass is 10.1. The summed E-state index contributed by atoms with van der Waals surface area (Å²) in [7, 11) is -3.02. The summed E-state index contributed by atoms with van der Waals surface area (Å²) in [6.45, 7) is 4.13. The minimum Gasteiger partial charge on any atom is -0.478 e. The molecule has 1 N–H and O–H groups in total. The highest BCUT2D eigenvalue weighted by Gasteiger charge is 2.31. The molecule has 0 saturated carbocycles. The Morgan fingerprint density at radius 3 is 2.76 bits per heavy atom. The number of benzene rings is 1. The highest BCUT2D eigenvalue weighted by Crippen LogP contribution is 2.33. The third-order valence-corrected chi connectivity index (χ3v) is 6.23. The fraction of sp³-hybridized carbons (Fsp3) is 0.500. The maximum atomic E-state index is 11.7. The van der Waals surface area contributed by atoms with Crippen LogP contribution in [0.25, 0.3) is 0 Å². The van der Waals surface area contributed by atoms with Crippen molar-refractivity contribution in [3.05, 3.63) is 23.8 Å². The highest BCUT2D eigenvalue weighted by molar-refractivity contribution is 7.99. The van der Waals surface area contributed by atoms with Gasteiger partial charge in [-0.1, -0.05) is 13.0 Å². The Morgan fingerprint density at radius 1 is 1.48 bits per heavy atom. The third-order valence-electron chi connectivity index (χ3n) is 3.50. The summed E-state index contributed by atoms with van der Waals surface area (Å²) in [6, 6.07) is 5.17. The van der Waals surface area contributed by atoms with Gasteiger partial charge in [-0.05, 0) is 24.8 Å². The molecule has 0 spiro atoms. The van der Waals surface area contributed by atoms with E-state index in [0.29, 0.717) is 12.2 Å². The van der Waals surface area contributed by atoms with Gasteiger partial charge in [0.1, 0.15) is 0 Å². The van der Waals surface area contributed by atoms with Crippen molar-refractivity contribution in [1.29, 1.82) is 0 Å². The number of carbonyl (C=O) groups is 1. The summed E-state index contributed by atoms with van der Waals surface area (Å²) < 4.78 is 23.4. The van der Waals surface area contributed by atoms with Crippen LogP contribution in [0.5, 0.6) is 0 Å². The third kappa shape index (κ3) is 3.52. The molecule has 0 bridgehead atoms. The van der Waals surface area contributed by atoms with E-state index < -0.39 is 15.8 Å². The van der Waals surface area contributed by atoms with E-state index in [1.165, 1.54) is 11.8 Å². The molecule has 1 aromatic carbocycles. The molecule has 5 nitrogen and oxygen atoms in total. The van der Waals surface area contributed by atoms with Crippen molar-refractivity contribution >= 4 is 33.3 Å². The largest absolute Gasteiger partial charge is 0.478 e. The van der Waals surface area contributed by atoms with Crippen LogP contribution in [0.3, 0.4) is 0 Å². The second-order valence-electron chi connectivity index (χ2n) is 5.05. The van der Waals surface area contributed by atoms with Crippen LogP contribution in [0.15, 0.2) is 23.1 Å². The molecule has 2 rings (SSSR count). The van der Waals surface area contributed by atoms with Crippen molar-refractivity contribution in [1.82, 2.24) is 0 Å². The Kier molecular flexibility index (Phi) is 4.83. The van der Waals surface area contributed by atoms with Crippen molar-refractivity contribution < 1.29 is 18.3 Å². The van der Waals surface area contributed by atoms with Gasteiger partial charge in [0.15, 0.2) is 9.84 Å². The lowest BCUT2D eigenvalue weighted by molar-refractivity contribution is 0.0694. The molecular weight excluding hydrogens is 310 g/mol. The first kappa shape index (κ1) is 16.2. The van der Waals surface area contributed by atoms with Gasteiger partial charge < -0.3 is 10.0 Å². The quantitative estimate of drug-likeness (QED) is 0.853. The molecule has 1 aliphatic rings. The molecule has 1 unspecified atom stereocenters. The summed E-state index contributed by atoms with van der Waals surface area (Å²) in [5.74, 6) is -0.0472. The van der Waals surface area contributed by atoms with Gasteiger partial charge in [0, 0.05) is 17.5 Å². The second kappa shape index (κ2) is 6.27. The molecule has 0 amide bonds. The zero-order valence-corrected chi connectivity index (χ0v) is 13.7. The molecule has 1 aliphatic heterocycles. The predicted octanol–water partition coefficient (Wildman–Crippen LogP) is 2.12. The molecule has 1 saturated heterocycles. The summed E-state index contributed by atoms with van der Waals surface area (Å²) in [5.41, 5.74) is 0.888. The van der Waals surface area contributed by atoms with Gasteiger partial charge >= 0.3 is 5.97 Å². The van der Waals surface area contributed by atoms with Crippen LogP contribution in [0.2, 0.25) is 0 Å². The molecule has 0 aliphatic carbocycles. The van der Waals surface area contributed by atoms with E-state index in [2.05, 4.69) is 0 Å². The van der Waals surface area contributed by atoms with Gasteiger partial charge in [-0.25, -0.2) is 13.2 Å². The molecule has 116 valence electrons. The lowest BCUT2D eigenvalue weighted by Gasteiger charge is -2.36. The van der Waals surface area contributed by atoms with E-state index in [4.69, 9.17) is 0 Å². The number of hydrogen-bond donors (Lipinski definition) is 1. The van der Waals surface area contributed by atoms with Gasteiger partial charge in [0.25, 0.3) is 0 Å². The number of carboxylic acid groups (broad SMARTS) is 1. The van der Waals surface area contributed by atoms with Gasteiger partial charge in [0.05, 0.1) is 22.8 Å². The number of aromatic carboxylic acids is 1. The molecule has 1 heterocycles. The smallest absolute Gasteiger partial charge is 0.338 e. The zero-order valence-electron chi connectivity index (χ0n) is 12.1. The first-order valence-electron chi connectivity index (χ1n) is 6.82. The molecular formula is C14H19NO4S2. The van der Waals surface area contributed by atoms with E-state index in [1.54, 1.807) is 12.1 Å². The molecule has 0 aromatic heterocycles. The number of anilines is 1. The van der Waals surface area contributed by atoms with Crippen molar-refractivity contribution in [2.75, 3.05) is 28.7 Å². The number of nitrogens with zero attached hydrogens (tertiary/aromatic N) is 1. The highest BCUT2D eigenvalue weighted by atomic mass is 32.2. The first-order valence-corrected chi connectivity index (χ1v) is 9.62. The molecule has 0 radical (unpaired) electrons. The number of thioether (sulfide) groups is 1. The average Bonchev–Trinajstić information content (AvgIpc) is 2.37. The van der Waals surface area contributed by atoms with Crippen LogP contribution in [-0.2, 0) is 9.84 Å². The van der Waals surface area contributed by atoms with Crippen LogP contribution >= 0.6 is 11.8 Å². The fourth-order valence-corrected chi connectivity index (χ4v) is 4.98. The maximum absolute atomic E-state index is 11.7. The van der Waals surface area contributed by atoms with Crippen molar-refractivity contribution in [2.24, 2.45) is 0 Å². The van der Waals surface area contributed by atoms with Gasteiger partial charge in [-0.15, -0.1) is 11.8 Å². The Labute approximate surface area is 129 Å². The number of carboxylic acids is 1. The van der Waals surface area contributed by atoms with Gasteiger partial charge in [0.2, 0.25) is 0 Å². The van der Waals surface area contributed by atoms with E-state index in [0.717, 1.165) is 10.6 Å². The SMILES string of the molecule is CCSc1cccc(N2CCS(=O)(=O)CC2C)c1C(=O)O. The summed E-state index contributed by atoms with van der Waals surface area (Å²) in [4.78, 5) is 14.3. The standard InChI is InChI=1S/C14H19NO4S2/c1-3-20-12-6-4-5-11(13(12)14(16)17)15-7-8-21(18,19)9-10(15)2/h4-6,10H,3,7-9H2,1-2H3,(H,16,17). The van der Waals surface area contributed by atoms with Gasteiger partial charge in [-0.2, -0.15) is 0 Å². The molecule has 1 aromatic rings. The van der Waals surface area contributed by atoms with Crippen LogP contribution in [0.4, 0.5) is 5.69 Å².